The predicted molar refractivity (Wildman–Crippen MR) is 78.9 cm³/mol. The zero-order valence-electron chi connectivity index (χ0n) is 12.4. The van der Waals surface area contributed by atoms with Gasteiger partial charge in [0.1, 0.15) is 5.82 Å². The van der Waals surface area contributed by atoms with Crippen LogP contribution in [0.25, 0.3) is 0 Å². The maximum Gasteiger partial charge on any atom is 0.257 e. The molecule has 0 aromatic carbocycles. The minimum atomic E-state index is -3.43. The zero-order valence-corrected chi connectivity index (χ0v) is 13.2. The number of nitrogens with one attached hydrogen (secondary N) is 2. The monoisotopic (exact) mass is 299 g/mol. The molecule has 2 N–H and O–H groups in total. The molecule has 0 unspecified atom stereocenters. The first-order chi connectivity index (χ1) is 9.51. The molecule has 0 atom stereocenters. The maximum atomic E-state index is 12.1. The van der Waals surface area contributed by atoms with Crippen LogP contribution in [0.15, 0.2) is 11.2 Å². The molecule has 0 radical (unpaired) electrons. The number of H-pyrrole nitrogens is 1. The van der Waals surface area contributed by atoms with Crippen molar-refractivity contribution in [1.82, 2.24) is 14.7 Å². The lowest BCUT2D eigenvalue weighted by molar-refractivity contribution is 0.278. The molecule has 2 rings (SSSR count). The number of hydrogen-bond donors (Lipinski definition) is 2. The highest BCUT2D eigenvalue weighted by Gasteiger charge is 2.20. The third-order valence-electron chi connectivity index (χ3n) is 4.21. The Kier molecular flexibility index (Phi) is 5.21. The van der Waals surface area contributed by atoms with E-state index in [0.29, 0.717) is 24.7 Å². The summed E-state index contributed by atoms with van der Waals surface area (Å²) >= 11 is 0. The van der Waals surface area contributed by atoms with Crippen molar-refractivity contribution in [2.24, 2.45) is 11.8 Å². The van der Waals surface area contributed by atoms with E-state index < -0.39 is 10.0 Å². The molecule has 0 aliphatic heterocycles. The molecule has 0 spiro atoms. The van der Waals surface area contributed by atoms with Crippen LogP contribution in [-0.4, -0.2) is 24.9 Å². The van der Waals surface area contributed by atoms with E-state index in [0.717, 1.165) is 12.3 Å². The number of aromatic amines is 1. The zero-order chi connectivity index (χ0) is 14.6. The molecule has 20 heavy (non-hydrogen) atoms. The van der Waals surface area contributed by atoms with Gasteiger partial charge in [-0.15, -0.1) is 0 Å². The predicted octanol–water partition coefficient (Wildman–Crippen LogP) is 2.47. The smallest absolute Gasteiger partial charge is 0.257 e. The molecule has 1 aliphatic carbocycles. The van der Waals surface area contributed by atoms with E-state index in [2.05, 4.69) is 21.6 Å². The Morgan fingerprint density at radius 1 is 1.35 bits per heavy atom. The highest BCUT2D eigenvalue weighted by molar-refractivity contribution is 7.89. The van der Waals surface area contributed by atoms with Gasteiger partial charge in [0.25, 0.3) is 10.0 Å². The largest absolute Gasteiger partial charge is 0.332 e. The molecule has 1 aromatic heterocycles. The van der Waals surface area contributed by atoms with Crippen LogP contribution < -0.4 is 4.72 Å². The summed E-state index contributed by atoms with van der Waals surface area (Å²) < 4.78 is 26.8. The summed E-state index contributed by atoms with van der Waals surface area (Å²) in [7, 11) is -3.43. The van der Waals surface area contributed by atoms with Gasteiger partial charge in [-0.2, -0.15) is 0 Å². The summed E-state index contributed by atoms with van der Waals surface area (Å²) in [5.41, 5.74) is 0. The van der Waals surface area contributed by atoms with Gasteiger partial charge in [0.2, 0.25) is 0 Å². The fourth-order valence-corrected chi connectivity index (χ4v) is 3.74. The fourth-order valence-electron chi connectivity index (χ4n) is 2.75. The first-order valence-electron chi connectivity index (χ1n) is 7.54. The van der Waals surface area contributed by atoms with Crippen LogP contribution in [0.3, 0.4) is 0 Å². The van der Waals surface area contributed by atoms with E-state index >= 15 is 0 Å². The lowest BCUT2D eigenvalue weighted by atomic mass is 9.81. The second-order valence-electron chi connectivity index (χ2n) is 5.86. The summed E-state index contributed by atoms with van der Waals surface area (Å²) in [6.45, 7) is 4.75. The van der Waals surface area contributed by atoms with Crippen molar-refractivity contribution in [1.29, 1.82) is 0 Å². The molecule has 6 heteroatoms. The van der Waals surface area contributed by atoms with Gasteiger partial charge < -0.3 is 4.98 Å². The molecule has 1 fully saturated rings. The Bertz CT molecular complexity index is 516. The van der Waals surface area contributed by atoms with Crippen molar-refractivity contribution < 1.29 is 8.42 Å². The number of aryl methyl sites for hydroxylation is 1. The third kappa shape index (κ3) is 4.06. The topological polar surface area (TPSA) is 74.8 Å². The average molecular weight is 299 g/mol. The second-order valence-corrected chi connectivity index (χ2v) is 7.60. The highest BCUT2D eigenvalue weighted by atomic mass is 32.2. The first-order valence-corrected chi connectivity index (χ1v) is 9.03. The first kappa shape index (κ1) is 15.5. The van der Waals surface area contributed by atoms with Gasteiger partial charge in [-0.25, -0.2) is 18.1 Å². The normalized spacial score (nSPS) is 23.9. The van der Waals surface area contributed by atoms with Crippen LogP contribution in [0.2, 0.25) is 0 Å². The quantitative estimate of drug-likeness (QED) is 0.847. The molecular weight excluding hydrogens is 274 g/mol. The van der Waals surface area contributed by atoms with Crippen molar-refractivity contribution in [3.8, 4) is 0 Å². The van der Waals surface area contributed by atoms with Crippen molar-refractivity contribution in [3.05, 3.63) is 12.0 Å². The second kappa shape index (κ2) is 6.72. The molecular formula is C14H25N3O2S. The molecule has 1 aliphatic rings. The number of nitrogens with zero attached hydrogens (tertiary/aromatic N) is 1. The summed E-state index contributed by atoms with van der Waals surface area (Å²) in [4.78, 5) is 6.87. The summed E-state index contributed by atoms with van der Waals surface area (Å²) in [5.74, 6) is 2.20. The molecule has 114 valence electrons. The average Bonchev–Trinajstić information content (AvgIpc) is 2.90. The van der Waals surface area contributed by atoms with Crippen LogP contribution in [0.5, 0.6) is 0 Å². The van der Waals surface area contributed by atoms with Crippen molar-refractivity contribution in [2.45, 2.75) is 57.4 Å². The lowest BCUT2D eigenvalue weighted by Crippen LogP contribution is -2.27. The summed E-state index contributed by atoms with van der Waals surface area (Å²) in [6, 6.07) is 0. The molecule has 5 nitrogen and oxygen atoms in total. The highest BCUT2D eigenvalue weighted by Crippen LogP contribution is 2.30. The van der Waals surface area contributed by atoms with Gasteiger partial charge in [-0.05, 0) is 18.3 Å². The van der Waals surface area contributed by atoms with Gasteiger partial charge in [-0.1, -0.05) is 39.5 Å². The summed E-state index contributed by atoms with van der Waals surface area (Å²) in [5, 5.41) is 0.173. The number of hydrogen-bond acceptors (Lipinski definition) is 3. The SMILES string of the molecule is CCc1ncc(S(=O)(=O)NCCC2CCC(C)CC2)[nH]1. The van der Waals surface area contributed by atoms with E-state index in [4.69, 9.17) is 0 Å². The van der Waals surface area contributed by atoms with Crippen molar-refractivity contribution in [2.75, 3.05) is 6.54 Å². The number of sulfonamides is 1. The Morgan fingerprint density at radius 3 is 2.65 bits per heavy atom. The van der Waals surface area contributed by atoms with Gasteiger partial charge in [0, 0.05) is 13.0 Å². The van der Waals surface area contributed by atoms with E-state index in [1.807, 2.05) is 6.92 Å². The van der Waals surface area contributed by atoms with Crippen molar-refractivity contribution >= 4 is 10.0 Å². The molecule has 0 bridgehead atoms. The molecule has 1 aromatic rings. The third-order valence-corrected chi connectivity index (χ3v) is 5.58. The molecule has 0 saturated heterocycles. The standard InChI is InChI=1S/C14H25N3O2S/c1-3-13-15-10-14(17-13)20(18,19)16-9-8-12-6-4-11(2)5-7-12/h10-12,16H,3-9H2,1-2H3,(H,15,17). The van der Waals surface area contributed by atoms with Crippen LogP contribution in [0.4, 0.5) is 0 Å². The number of aromatic nitrogens is 2. The van der Waals surface area contributed by atoms with Gasteiger partial charge >= 0.3 is 0 Å². The Hall–Kier alpha value is -0.880. The van der Waals surface area contributed by atoms with Gasteiger partial charge in [-0.3, -0.25) is 0 Å². The van der Waals surface area contributed by atoms with Gasteiger partial charge in [0.05, 0.1) is 6.20 Å². The number of imidazole rings is 1. The van der Waals surface area contributed by atoms with E-state index in [9.17, 15) is 8.42 Å². The molecule has 0 amide bonds. The maximum absolute atomic E-state index is 12.1. The Labute approximate surface area is 121 Å². The van der Waals surface area contributed by atoms with E-state index in [1.165, 1.54) is 31.9 Å². The van der Waals surface area contributed by atoms with Crippen molar-refractivity contribution in [3.63, 3.8) is 0 Å². The fraction of sp³-hybridized carbons (Fsp3) is 0.786. The minimum Gasteiger partial charge on any atom is -0.332 e. The lowest BCUT2D eigenvalue weighted by Gasteiger charge is -2.25. The van der Waals surface area contributed by atoms with E-state index in [1.54, 1.807) is 0 Å². The van der Waals surface area contributed by atoms with Gasteiger partial charge in [0.15, 0.2) is 5.03 Å². The van der Waals surface area contributed by atoms with Crippen LogP contribution in [0.1, 0.15) is 51.8 Å². The Balaban J connectivity index is 1.80. The van der Waals surface area contributed by atoms with Crippen LogP contribution >= 0.6 is 0 Å². The van der Waals surface area contributed by atoms with E-state index in [-0.39, 0.29) is 5.03 Å². The number of rotatable bonds is 6. The molecule has 1 saturated carbocycles. The van der Waals surface area contributed by atoms with Crippen LogP contribution in [-0.2, 0) is 16.4 Å². The minimum absolute atomic E-state index is 0.173. The van der Waals surface area contributed by atoms with Crippen LogP contribution in [0, 0.1) is 11.8 Å². The molecule has 1 heterocycles. The Morgan fingerprint density at radius 2 is 2.05 bits per heavy atom. The summed E-state index contributed by atoms with van der Waals surface area (Å²) in [6.07, 6.45) is 8.04.